The van der Waals surface area contributed by atoms with E-state index in [0.29, 0.717) is 5.88 Å². The number of hydrogen-bond donors (Lipinski definition) is 0. The van der Waals surface area contributed by atoms with Crippen LogP contribution in [0.25, 0.3) is 17.1 Å². The van der Waals surface area contributed by atoms with Crippen LogP contribution < -0.4 is 17.0 Å². The van der Waals surface area contributed by atoms with E-state index in [1.165, 1.54) is 0 Å². The number of benzene rings is 2. The molecule has 10 heteroatoms. The molecule has 3 aromatic rings. The van der Waals surface area contributed by atoms with Crippen molar-refractivity contribution in [1.29, 1.82) is 0 Å². The molecule has 0 saturated heterocycles. The molecule has 0 spiro atoms. The van der Waals surface area contributed by atoms with Gasteiger partial charge in [0, 0.05) is 0 Å². The fraction of sp³-hybridized carbons (Fsp3) is 0.0588. The van der Waals surface area contributed by atoms with Gasteiger partial charge in [0.15, 0.2) is 0 Å². The molecule has 2 aromatic carbocycles. The number of thioether (sulfide) groups is 1. The standard InChI is InChI=1S/C17H12BrCl3N3STe.ClH/c18-13-6-4-5-12(9-13)16-22-24-17(23(16)14-7-2-1-3-8-14)25-11-15(10-19)26(24,20)21;/h1-9,11H,10H2;1H/q+1;/p-1. The molecule has 0 radical (unpaired) electrons. The Morgan fingerprint density at radius 1 is 1.11 bits per heavy atom. The van der Waals surface area contributed by atoms with Crippen LogP contribution in [0.3, 0.4) is 0 Å². The number of hydrogen-bond acceptors (Lipinski definition) is 2. The summed E-state index contributed by atoms with van der Waals surface area (Å²) in [7, 11) is 13.7. The SMILES string of the molecule is ClCC1=CSc2n(nc(-c3cccc(Br)c3)[n+]2-c2ccccc2)[Te]1(Cl)Cl.[Cl-]. The van der Waals surface area contributed by atoms with Crippen LogP contribution in [0.15, 0.2) is 73.3 Å². The Bertz CT molecular complexity index is 1010. The number of allylic oxidation sites excluding steroid dienone is 1. The van der Waals surface area contributed by atoms with E-state index in [1.54, 1.807) is 11.8 Å². The second-order valence-electron chi connectivity index (χ2n) is 5.44. The average Bonchev–Trinajstić information content (AvgIpc) is 3.03. The van der Waals surface area contributed by atoms with Crippen molar-refractivity contribution in [3.63, 3.8) is 0 Å². The van der Waals surface area contributed by atoms with Crippen LogP contribution in [-0.4, -0.2) is 30.1 Å². The summed E-state index contributed by atoms with van der Waals surface area (Å²) in [5.74, 6) is 1.11. The molecule has 0 unspecified atom stereocenters. The van der Waals surface area contributed by atoms with Crippen molar-refractivity contribution in [1.82, 2.24) is 8.03 Å². The third kappa shape index (κ3) is 4.06. The third-order valence-corrected chi connectivity index (χ3v) is 15.8. The first-order valence-electron chi connectivity index (χ1n) is 7.53. The van der Waals surface area contributed by atoms with Gasteiger partial charge in [-0.1, -0.05) is 0 Å². The Balaban J connectivity index is 0.00000210. The summed E-state index contributed by atoms with van der Waals surface area (Å²) in [5, 5.41) is 7.72. The zero-order valence-corrected chi connectivity index (χ0v) is 21.3. The number of para-hydroxylation sites is 1. The van der Waals surface area contributed by atoms with Gasteiger partial charge >= 0.3 is 182 Å². The third-order valence-electron chi connectivity index (χ3n) is 3.81. The molecule has 4 rings (SSSR count). The van der Waals surface area contributed by atoms with E-state index in [-0.39, 0.29) is 12.4 Å². The normalized spacial score (nSPS) is 16.1. The van der Waals surface area contributed by atoms with Crippen LogP contribution in [0.2, 0.25) is 0 Å². The van der Waals surface area contributed by atoms with Crippen LogP contribution in [0.5, 0.6) is 0 Å². The van der Waals surface area contributed by atoms with E-state index < -0.39 is 16.2 Å². The minimum Gasteiger partial charge on any atom is -1.00 e. The zero-order valence-electron chi connectivity index (χ0n) is 13.5. The largest absolute Gasteiger partial charge is 1.00 e. The predicted octanol–water partition coefficient (Wildman–Crippen LogP) is 2.63. The quantitative estimate of drug-likeness (QED) is 0.250. The summed E-state index contributed by atoms with van der Waals surface area (Å²) < 4.78 is 5.78. The number of fused-ring (bicyclic) bond motifs is 1. The Labute approximate surface area is 192 Å². The average molecular weight is 640 g/mol. The van der Waals surface area contributed by atoms with Crippen molar-refractivity contribution >= 4 is 73.4 Å². The first-order valence-corrected chi connectivity index (χ1v) is 17.9. The molecule has 0 atom stereocenters. The van der Waals surface area contributed by atoms with E-state index in [4.69, 9.17) is 34.6 Å². The molecule has 1 aromatic heterocycles. The Hall–Kier alpha value is 0.0996. The first-order chi connectivity index (χ1) is 12.5. The summed E-state index contributed by atoms with van der Waals surface area (Å²) in [5.41, 5.74) is 1.98. The first kappa shape index (κ1) is 21.8. The molecule has 2 heterocycles. The summed E-state index contributed by atoms with van der Waals surface area (Å²) >= 11 is 7.54. The van der Waals surface area contributed by atoms with E-state index in [9.17, 15) is 0 Å². The summed E-state index contributed by atoms with van der Waals surface area (Å²) in [6.45, 7) is 0. The van der Waals surface area contributed by atoms with Crippen molar-refractivity contribution < 1.29 is 17.0 Å². The molecule has 0 N–H and O–H groups in total. The molecule has 142 valence electrons. The number of nitrogens with zero attached hydrogens (tertiary/aromatic N) is 3. The van der Waals surface area contributed by atoms with Gasteiger partial charge in [0.25, 0.3) is 0 Å². The topological polar surface area (TPSA) is 21.7 Å². The minimum absolute atomic E-state index is 0. The van der Waals surface area contributed by atoms with Crippen LogP contribution in [0.1, 0.15) is 0 Å². The Morgan fingerprint density at radius 2 is 1.85 bits per heavy atom. The zero-order chi connectivity index (χ0) is 18.3. The summed E-state index contributed by atoms with van der Waals surface area (Å²) in [6.07, 6.45) is 0. The van der Waals surface area contributed by atoms with Crippen molar-refractivity contribution in [2.24, 2.45) is 0 Å². The molecule has 1 aliphatic heterocycles. The molecule has 3 nitrogen and oxygen atoms in total. The summed E-state index contributed by atoms with van der Waals surface area (Å²) in [4.78, 5) is 0. The maximum Gasteiger partial charge on any atom is -1.00 e. The fourth-order valence-corrected chi connectivity index (χ4v) is 14.7. The second-order valence-corrected chi connectivity index (χ2v) is 19.5. The maximum atomic E-state index is 6.83. The van der Waals surface area contributed by atoms with E-state index in [1.807, 2.05) is 62.9 Å². The van der Waals surface area contributed by atoms with Gasteiger partial charge in [-0.3, -0.25) is 0 Å². The molecule has 0 fully saturated rings. The molecule has 0 saturated carbocycles. The monoisotopic (exact) mass is 639 g/mol. The maximum absolute atomic E-state index is 6.83. The Kier molecular flexibility index (Phi) is 7.15. The smallest absolute Gasteiger partial charge is 1.00 e. The second kappa shape index (κ2) is 8.85. The van der Waals surface area contributed by atoms with Gasteiger partial charge in [0.2, 0.25) is 0 Å². The van der Waals surface area contributed by atoms with Crippen LogP contribution in [0, 0.1) is 0 Å². The minimum atomic E-state index is -3.62. The molecule has 1 aliphatic rings. The van der Waals surface area contributed by atoms with Crippen LogP contribution >= 0.6 is 57.2 Å². The fourth-order valence-electron chi connectivity index (χ4n) is 2.61. The van der Waals surface area contributed by atoms with Gasteiger partial charge in [-0.05, 0) is 0 Å². The van der Waals surface area contributed by atoms with Gasteiger partial charge in [-0.2, -0.15) is 0 Å². The molecular weight excluding hydrogens is 628 g/mol. The summed E-state index contributed by atoms with van der Waals surface area (Å²) in [6, 6.07) is 18.1. The van der Waals surface area contributed by atoms with Crippen molar-refractivity contribution in [3.05, 3.63) is 68.1 Å². The Morgan fingerprint density at radius 3 is 2.52 bits per heavy atom. The van der Waals surface area contributed by atoms with Crippen molar-refractivity contribution in [2.75, 3.05) is 5.88 Å². The number of halogens is 5. The van der Waals surface area contributed by atoms with Gasteiger partial charge < -0.3 is 12.4 Å². The number of alkyl halides is 1. The number of aromatic nitrogens is 3. The molecular formula is C17H12BrCl4N3STe. The van der Waals surface area contributed by atoms with Gasteiger partial charge in [0.1, 0.15) is 0 Å². The molecule has 27 heavy (non-hydrogen) atoms. The van der Waals surface area contributed by atoms with Crippen molar-refractivity contribution in [2.45, 2.75) is 5.16 Å². The molecule has 0 bridgehead atoms. The van der Waals surface area contributed by atoms with Crippen molar-refractivity contribution in [3.8, 4) is 17.1 Å². The predicted molar refractivity (Wildman–Crippen MR) is 114 cm³/mol. The van der Waals surface area contributed by atoms with Crippen LogP contribution in [-0.2, 0) is 0 Å². The molecule has 0 amide bonds. The van der Waals surface area contributed by atoms with E-state index >= 15 is 0 Å². The van der Waals surface area contributed by atoms with Gasteiger partial charge in [0.05, 0.1) is 0 Å². The van der Waals surface area contributed by atoms with Gasteiger partial charge in [-0.25, -0.2) is 0 Å². The molecule has 0 aliphatic carbocycles. The van der Waals surface area contributed by atoms with E-state index in [2.05, 4.69) is 20.5 Å². The van der Waals surface area contributed by atoms with E-state index in [0.717, 1.165) is 30.3 Å². The van der Waals surface area contributed by atoms with Gasteiger partial charge in [-0.15, -0.1) is 0 Å². The number of rotatable bonds is 3. The van der Waals surface area contributed by atoms with Crippen LogP contribution in [0.4, 0.5) is 0 Å².